The molecular formula is C13H17BrFNO. The maximum atomic E-state index is 13.1. The number of ether oxygens (including phenoxy) is 1. The van der Waals surface area contributed by atoms with Crippen LogP contribution >= 0.6 is 15.9 Å². The molecule has 0 amide bonds. The zero-order valence-corrected chi connectivity index (χ0v) is 11.5. The standard InChI is InChI=1S/C13H17BrFNO/c1-17-7-6-16(11-3-4-11)9-10-2-5-13(15)12(14)8-10/h2,5,8,11H,3-4,6-7,9H2,1H3. The molecule has 1 aromatic carbocycles. The molecule has 1 fully saturated rings. The van der Waals surface area contributed by atoms with Crippen LogP contribution < -0.4 is 0 Å². The molecular weight excluding hydrogens is 285 g/mol. The Labute approximate surface area is 110 Å². The van der Waals surface area contributed by atoms with Gasteiger partial charge in [0.05, 0.1) is 11.1 Å². The number of hydrogen-bond acceptors (Lipinski definition) is 2. The van der Waals surface area contributed by atoms with Gasteiger partial charge in [0.1, 0.15) is 5.82 Å². The van der Waals surface area contributed by atoms with Crippen molar-refractivity contribution in [1.29, 1.82) is 0 Å². The van der Waals surface area contributed by atoms with Crippen LogP contribution in [0.15, 0.2) is 22.7 Å². The summed E-state index contributed by atoms with van der Waals surface area (Å²) in [5, 5.41) is 0. The molecule has 0 atom stereocenters. The highest BCUT2D eigenvalue weighted by atomic mass is 79.9. The average Bonchev–Trinajstić information content (AvgIpc) is 3.13. The lowest BCUT2D eigenvalue weighted by Crippen LogP contribution is -2.29. The van der Waals surface area contributed by atoms with Crippen LogP contribution in [-0.4, -0.2) is 31.2 Å². The fourth-order valence-electron chi connectivity index (χ4n) is 1.91. The summed E-state index contributed by atoms with van der Waals surface area (Å²) in [5.74, 6) is -0.205. The van der Waals surface area contributed by atoms with Crippen molar-refractivity contribution < 1.29 is 9.13 Å². The fraction of sp³-hybridized carbons (Fsp3) is 0.538. The summed E-state index contributed by atoms with van der Waals surface area (Å²) >= 11 is 3.22. The molecule has 94 valence electrons. The van der Waals surface area contributed by atoms with E-state index in [0.717, 1.165) is 25.3 Å². The van der Waals surface area contributed by atoms with Crippen molar-refractivity contribution in [2.75, 3.05) is 20.3 Å². The second kappa shape index (κ2) is 5.94. The minimum absolute atomic E-state index is 0.205. The van der Waals surface area contributed by atoms with Gasteiger partial charge >= 0.3 is 0 Å². The Hall–Kier alpha value is -0.450. The van der Waals surface area contributed by atoms with Crippen LogP contribution in [0.25, 0.3) is 0 Å². The second-order valence-corrected chi connectivity index (χ2v) is 5.30. The van der Waals surface area contributed by atoms with Gasteiger partial charge < -0.3 is 4.74 Å². The van der Waals surface area contributed by atoms with Gasteiger partial charge in [0, 0.05) is 26.2 Å². The van der Waals surface area contributed by atoms with Crippen molar-refractivity contribution in [2.24, 2.45) is 0 Å². The molecule has 0 N–H and O–H groups in total. The van der Waals surface area contributed by atoms with Crippen molar-refractivity contribution in [3.05, 3.63) is 34.1 Å². The molecule has 0 saturated heterocycles. The normalized spacial score (nSPS) is 15.5. The molecule has 1 aliphatic carbocycles. The van der Waals surface area contributed by atoms with Gasteiger partial charge in [-0.25, -0.2) is 4.39 Å². The van der Waals surface area contributed by atoms with Gasteiger partial charge in [0.2, 0.25) is 0 Å². The van der Waals surface area contributed by atoms with E-state index in [1.165, 1.54) is 18.9 Å². The van der Waals surface area contributed by atoms with Crippen LogP contribution in [0, 0.1) is 5.82 Å². The Balaban J connectivity index is 1.98. The molecule has 2 rings (SSSR count). The molecule has 0 bridgehead atoms. The summed E-state index contributed by atoms with van der Waals surface area (Å²) in [7, 11) is 1.72. The molecule has 0 spiro atoms. The predicted octanol–water partition coefficient (Wildman–Crippen LogP) is 3.20. The second-order valence-electron chi connectivity index (χ2n) is 4.44. The maximum absolute atomic E-state index is 13.1. The highest BCUT2D eigenvalue weighted by molar-refractivity contribution is 9.10. The van der Waals surface area contributed by atoms with Crippen molar-refractivity contribution >= 4 is 15.9 Å². The summed E-state index contributed by atoms with van der Waals surface area (Å²) in [6.07, 6.45) is 2.54. The highest BCUT2D eigenvalue weighted by Crippen LogP contribution is 2.28. The van der Waals surface area contributed by atoms with E-state index in [-0.39, 0.29) is 5.82 Å². The SMILES string of the molecule is COCCN(Cc1ccc(F)c(Br)c1)C1CC1. The lowest BCUT2D eigenvalue weighted by atomic mass is 10.2. The van der Waals surface area contributed by atoms with E-state index >= 15 is 0 Å². The van der Waals surface area contributed by atoms with Crippen molar-refractivity contribution in [1.82, 2.24) is 4.90 Å². The van der Waals surface area contributed by atoms with Crippen LogP contribution in [0.1, 0.15) is 18.4 Å². The number of methoxy groups -OCH3 is 1. The van der Waals surface area contributed by atoms with Crippen LogP contribution in [0.5, 0.6) is 0 Å². The molecule has 4 heteroatoms. The maximum Gasteiger partial charge on any atom is 0.137 e. The zero-order valence-electron chi connectivity index (χ0n) is 9.96. The van der Waals surface area contributed by atoms with Gasteiger partial charge in [-0.05, 0) is 46.5 Å². The first-order chi connectivity index (χ1) is 8.20. The average molecular weight is 302 g/mol. The quantitative estimate of drug-likeness (QED) is 0.800. The highest BCUT2D eigenvalue weighted by Gasteiger charge is 2.28. The third-order valence-electron chi connectivity index (χ3n) is 3.02. The van der Waals surface area contributed by atoms with Gasteiger partial charge in [-0.1, -0.05) is 6.07 Å². The molecule has 0 radical (unpaired) electrons. The number of hydrogen-bond donors (Lipinski definition) is 0. The molecule has 17 heavy (non-hydrogen) atoms. The molecule has 1 saturated carbocycles. The monoisotopic (exact) mass is 301 g/mol. The number of nitrogens with zero attached hydrogens (tertiary/aromatic N) is 1. The Kier molecular flexibility index (Phi) is 4.54. The first-order valence-electron chi connectivity index (χ1n) is 5.87. The largest absolute Gasteiger partial charge is 0.383 e. The molecule has 0 aliphatic heterocycles. The van der Waals surface area contributed by atoms with E-state index in [0.29, 0.717) is 10.5 Å². The minimum atomic E-state index is -0.205. The predicted molar refractivity (Wildman–Crippen MR) is 69.4 cm³/mol. The topological polar surface area (TPSA) is 12.5 Å². The van der Waals surface area contributed by atoms with Gasteiger partial charge in [0.25, 0.3) is 0 Å². The molecule has 1 aromatic rings. The van der Waals surface area contributed by atoms with Crippen molar-refractivity contribution in [2.45, 2.75) is 25.4 Å². The first-order valence-corrected chi connectivity index (χ1v) is 6.67. The Morgan fingerprint density at radius 1 is 1.47 bits per heavy atom. The molecule has 0 heterocycles. The third kappa shape index (κ3) is 3.76. The fourth-order valence-corrected chi connectivity index (χ4v) is 2.34. The van der Waals surface area contributed by atoms with Crippen molar-refractivity contribution in [3.63, 3.8) is 0 Å². The van der Waals surface area contributed by atoms with E-state index in [2.05, 4.69) is 20.8 Å². The minimum Gasteiger partial charge on any atom is -0.383 e. The summed E-state index contributed by atoms with van der Waals surface area (Å²) in [6.45, 7) is 2.56. The van der Waals surface area contributed by atoms with E-state index in [4.69, 9.17) is 4.74 Å². The molecule has 2 nitrogen and oxygen atoms in total. The van der Waals surface area contributed by atoms with E-state index in [1.807, 2.05) is 12.1 Å². The Morgan fingerprint density at radius 2 is 2.24 bits per heavy atom. The van der Waals surface area contributed by atoms with E-state index < -0.39 is 0 Å². The molecule has 0 unspecified atom stereocenters. The molecule has 0 aromatic heterocycles. The number of benzene rings is 1. The van der Waals surface area contributed by atoms with Crippen LogP contribution in [0.4, 0.5) is 4.39 Å². The van der Waals surface area contributed by atoms with Gasteiger partial charge in [-0.2, -0.15) is 0 Å². The lowest BCUT2D eigenvalue weighted by Gasteiger charge is -2.21. The number of halogens is 2. The summed E-state index contributed by atoms with van der Waals surface area (Å²) in [4.78, 5) is 2.41. The summed E-state index contributed by atoms with van der Waals surface area (Å²) in [5.41, 5.74) is 1.14. The van der Waals surface area contributed by atoms with Crippen LogP contribution in [0.3, 0.4) is 0 Å². The van der Waals surface area contributed by atoms with Crippen LogP contribution in [-0.2, 0) is 11.3 Å². The summed E-state index contributed by atoms with van der Waals surface area (Å²) in [6, 6.07) is 5.91. The van der Waals surface area contributed by atoms with E-state index in [1.54, 1.807) is 7.11 Å². The Morgan fingerprint density at radius 3 is 2.82 bits per heavy atom. The smallest absolute Gasteiger partial charge is 0.137 e. The van der Waals surface area contributed by atoms with Crippen molar-refractivity contribution in [3.8, 4) is 0 Å². The van der Waals surface area contributed by atoms with E-state index in [9.17, 15) is 4.39 Å². The van der Waals surface area contributed by atoms with Crippen LogP contribution in [0.2, 0.25) is 0 Å². The number of rotatable bonds is 6. The summed E-state index contributed by atoms with van der Waals surface area (Å²) < 4.78 is 18.8. The van der Waals surface area contributed by atoms with Gasteiger partial charge in [-0.15, -0.1) is 0 Å². The Bertz CT molecular complexity index is 382. The third-order valence-corrected chi connectivity index (χ3v) is 3.62. The van der Waals surface area contributed by atoms with Gasteiger partial charge in [0.15, 0.2) is 0 Å². The molecule has 1 aliphatic rings. The zero-order chi connectivity index (χ0) is 12.3. The van der Waals surface area contributed by atoms with Gasteiger partial charge in [-0.3, -0.25) is 4.90 Å². The lowest BCUT2D eigenvalue weighted by molar-refractivity contribution is 0.139. The first kappa shape index (κ1) is 13.0.